The van der Waals surface area contributed by atoms with E-state index in [9.17, 15) is 22.4 Å². The summed E-state index contributed by atoms with van der Waals surface area (Å²) in [6.45, 7) is 1.78. The van der Waals surface area contributed by atoms with E-state index in [1.807, 2.05) is 0 Å². The summed E-state index contributed by atoms with van der Waals surface area (Å²) >= 11 is 0. The summed E-state index contributed by atoms with van der Waals surface area (Å²) in [5.74, 6) is -0.793. The standard InChI is InChI=1S/C22H22F4N4O2/c23-14-3-4-17(18(7-14)22(24,25)26)21(31)30-6-5-29-12-16(8-15(29)11-30)32-20-10-27-19(9-28-20)13-1-2-13/h3-4,7,9-10,13,15-16H,1-2,5-6,8,11-12H2/t15-,16+/m0/s1. The van der Waals surface area contributed by atoms with Crippen LogP contribution in [0.3, 0.4) is 0 Å². The molecule has 6 nitrogen and oxygen atoms in total. The number of aromatic nitrogens is 2. The van der Waals surface area contributed by atoms with E-state index in [4.69, 9.17) is 4.74 Å². The Balaban J connectivity index is 1.24. The third kappa shape index (κ3) is 4.28. The molecule has 32 heavy (non-hydrogen) atoms. The summed E-state index contributed by atoms with van der Waals surface area (Å²) in [6, 6.07) is 2.15. The fourth-order valence-corrected chi connectivity index (χ4v) is 4.52. The zero-order valence-electron chi connectivity index (χ0n) is 17.2. The van der Waals surface area contributed by atoms with Crippen molar-refractivity contribution >= 4 is 5.91 Å². The summed E-state index contributed by atoms with van der Waals surface area (Å²) < 4.78 is 59.3. The molecular weight excluding hydrogens is 428 g/mol. The highest BCUT2D eigenvalue weighted by molar-refractivity contribution is 5.96. The smallest absolute Gasteiger partial charge is 0.417 e. The molecule has 2 aliphatic heterocycles. The Morgan fingerprint density at radius 3 is 2.59 bits per heavy atom. The maximum atomic E-state index is 13.4. The first-order chi connectivity index (χ1) is 15.3. The Morgan fingerprint density at radius 1 is 1.09 bits per heavy atom. The molecule has 0 spiro atoms. The van der Waals surface area contributed by atoms with Gasteiger partial charge in [-0.25, -0.2) is 9.37 Å². The zero-order chi connectivity index (χ0) is 22.5. The maximum Gasteiger partial charge on any atom is 0.417 e. The number of nitrogens with zero attached hydrogens (tertiary/aromatic N) is 4. The van der Waals surface area contributed by atoms with Crippen molar-refractivity contribution in [2.24, 2.45) is 0 Å². The van der Waals surface area contributed by atoms with Crippen LogP contribution in [0.1, 0.15) is 46.8 Å². The van der Waals surface area contributed by atoms with Gasteiger partial charge >= 0.3 is 6.18 Å². The van der Waals surface area contributed by atoms with Crippen molar-refractivity contribution < 1.29 is 27.1 Å². The molecule has 1 saturated carbocycles. The molecule has 0 unspecified atom stereocenters. The van der Waals surface area contributed by atoms with Gasteiger partial charge in [0.1, 0.15) is 11.9 Å². The van der Waals surface area contributed by atoms with Crippen LogP contribution < -0.4 is 4.74 Å². The van der Waals surface area contributed by atoms with Gasteiger partial charge in [0.2, 0.25) is 5.88 Å². The fraction of sp³-hybridized carbons (Fsp3) is 0.500. The van der Waals surface area contributed by atoms with Crippen molar-refractivity contribution in [2.45, 2.75) is 43.5 Å². The second-order valence-corrected chi connectivity index (χ2v) is 8.62. The topological polar surface area (TPSA) is 58.6 Å². The van der Waals surface area contributed by atoms with Gasteiger partial charge in [0.15, 0.2) is 0 Å². The van der Waals surface area contributed by atoms with Crippen LogP contribution in [0.15, 0.2) is 30.6 Å². The number of halogens is 4. The van der Waals surface area contributed by atoms with Crippen LogP contribution in [0.5, 0.6) is 5.88 Å². The number of ether oxygens (including phenoxy) is 1. The lowest BCUT2D eigenvalue weighted by molar-refractivity contribution is -0.138. The van der Waals surface area contributed by atoms with Crippen LogP contribution in [0.4, 0.5) is 17.6 Å². The zero-order valence-corrected chi connectivity index (χ0v) is 17.2. The van der Waals surface area contributed by atoms with Crippen molar-refractivity contribution in [3.8, 4) is 5.88 Å². The van der Waals surface area contributed by atoms with Gasteiger partial charge in [0.25, 0.3) is 5.91 Å². The lowest BCUT2D eigenvalue weighted by Crippen LogP contribution is -2.52. The van der Waals surface area contributed by atoms with E-state index < -0.39 is 29.0 Å². The summed E-state index contributed by atoms with van der Waals surface area (Å²) in [5, 5.41) is 0. The van der Waals surface area contributed by atoms with Gasteiger partial charge < -0.3 is 9.64 Å². The Bertz CT molecular complexity index is 1010. The lowest BCUT2D eigenvalue weighted by atomic mass is 10.0. The van der Waals surface area contributed by atoms with Gasteiger partial charge in [0.05, 0.1) is 29.2 Å². The van der Waals surface area contributed by atoms with Crippen LogP contribution in [0.25, 0.3) is 0 Å². The third-order valence-electron chi connectivity index (χ3n) is 6.31. The number of rotatable bonds is 4. The van der Waals surface area contributed by atoms with Crippen molar-refractivity contribution in [3.63, 3.8) is 0 Å². The van der Waals surface area contributed by atoms with Gasteiger partial charge in [-0.05, 0) is 31.0 Å². The molecule has 5 rings (SSSR count). The van der Waals surface area contributed by atoms with Gasteiger partial charge in [-0.15, -0.1) is 0 Å². The van der Waals surface area contributed by atoms with Crippen molar-refractivity contribution in [1.82, 2.24) is 19.8 Å². The number of hydrogen-bond donors (Lipinski definition) is 0. The first-order valence-corrected chi connectivity index (χ1v) is 10.7. The van der Waals surface area contributed by atoms with E-state index in [2.05, 4.69) is 14.9 Å². The number of fused-ring (bicyclic) bond motifs is 1. The minimum Gasteiger partial charge on any atom is -0.472 e. The van der Waals surface area contributed by atoms with Crippen molar-refractivity contribution in [3.05, 3.63) is 53.2 Å². The minimum atomic E-state index is -4.81. The van der Waals surface area contributed by atoms with Crippen molar-refractivity contribution in [1.29, 1.82) is 0 Å². The molecule has 2 saturated heterocycles. The molecule has 2 atom stereocenters. The summed E-state index contributed by atoms with van der Waals surface area (Å²) in [7, 11) is 0. The molecular formula is C22H22F4N4O2. The summed E-state index contributed by atoms with van der Waals surface area (Å²) in [4.78, 5) is 25.2. The number of alkyl halides is 3. The highest BCUT2D eigenvalue weighted by Crippen LogP contribution is 2.39. The number of piperazine rings is 1. The monoisotopic (exact) mass is 450 g/mol. The summed E-state index contributed by atoms with van der Waals surface area (Å²) in [5.41, 5.74) is -0.788. The van der Waals surface area contributed by atoms with Crippen LogP contribution in [-0.2, 0) is 6.18 Å². The molecule has 3 fully saturated rings. The molecule has 170 valence electrons. The van der Waals surface area contributed by atoms with E-state index in [0.717, 1.165) is 30.7 Å². The van der Waals surface area contributed by atoms with Gasteiger partial charge in [-0.2, -0.15) is 13.2 Å². The average Bonchev–Trinajstić information content (AvgIpc) is 3.53. The van der Waals surface area contributed by atoms with E-state index in [0.29, 0.717) is 50.5 Å². The highest BCUT2D eigenvalue weighted by Gasteiger charge is 2.41. The predicted octanol–water partition coefficient (Wildman–Crippen LogP) is 3.49. The molecule has 1 aromatic heterocycles. The van der Waals surface area contributed by atoms with E-state index in [-0.39, 0.29) is 12.1 Å². The molecule has 0 N–H and O–H groups in total. The van der Waals surface area contributed by atoms with E-state index in [1.54, 1.807) is 12.4 Å². The molecule has 0 radical (unpaired) electrons. The lowest BCUT2D eigenvalue weighted by Gasteiger charge is -2.37. The van der Waals surface area contributed by atoms with Gasteiger partial charge in [-0.3, -0.25) is 14.7 Å². The Morgan fingerprint density at radius 2 is 1.91 bits per heavy atom. The van der Waals surface area contributed by atoms with Crippen molar-refractivity contribution in [2.75, 3.05) is 26.2 Å². The number of carbonyl (C=O) groups excluding carboxylic acids is 1. The molecule has 1 aromatic carbocycles. The maximum absolute atomic E-state index is 13.4. The fourth-order valence-electron chi connectivity index (χ4n) is 4.52. The first kappa shape index (κ1) is 21.1. The largest absolute Gasteiger partial charge is 0.472 e. The predicted molar refractivity (Wildman–Crippen MR) is 106 cm³/mol. The third-order valence-corrected chi connectivity index (χ3v) is 6.31. The molecule has 10 heteroatoms. The molecule has 1 amide bonds. The van der Waals surface area contributed by atoms with Crippen LogP contribution in [0.2, 0.25) is 0 Å². The molecule has 3 heterocycles. The van der Waals surface area contributed by atoms with E-state index in [1.165, 1.54) is 4.90 Å². The number of hydrogen-bond acceptors (Lipinski definition) is 5. The number of benzene rings is 1. The van der Waals surface area contributed by atoms with Gasteiger partial charge in [-0.1, -0.05) is 0 Å². The molecule has 1 aliphatic carbocycles. The minimum absolute atomic E-state index is 0.0221. The number of amides is 1. The molecule has 0 bridgehead atoms. The normalized spacial score (nSPS) is 23.8. The Hall–Kier alpha value is -2.75. The van der Waals surface area contributed by atoms with Crippen LogP contribution in [-0.4, -0.2) is 64.0 Å². The molecule has 2 aromatic rings. The number of carbonyl (C=O) groups is 1. The van der Waals surface area contributed by atoms with Crippen LogP contribution in [0, 0.1) is 5.82 Å². The first-order valence-electron chi connectivity index (χ1n) is 10.7. The van der Waals surface area contributed by atoms with Crippen LogP contribution >= 0.6 is 0 Å². The highest BCUT2D eigenvalue weighted by atomic mass is 19.4. The average molecular weight is 450 g/mol. The SMILES string of the molecule is O=C(c1ccc(F)cc1C(F)(F)F)N1CCN2C[C@H](Oc3cnc(C4CC4)cn3)C[C@H]2C1. The Kier molecular flexibility index (Phi) is 5.27. The Labute approximate surface area is 182 Å². The molecule has 3 aliphatic rings. The quantitative estimate of drug-likeness (QED) is 0.668. The second-order valence-electron chi connectivity index (χ2n) is 8.62. The summed E-state index contributed by atoms with van der Waals surface area (Å²) in [6.07, 6.45) is 1.36. The van der Waals surface area contributed by atoms with Gasteiger partial charge in [0, 0.05) is 44.6 Å². The van der Waals surface area contributed by atoms with E-state index >= 15 is 0 Å². The second kappa shape index (κ2) is 7.99.